The van der Waals surface area contributed by atoms with Gasteiger partial charge in [0.05, 0.1) is 6.61 Å². The molecular weight excluding hydrogens is 236 g/mol. The van der Waals surface area contributed by atoms with Crippen LogP contribution in [0.3, 0.4) is 0 Å². The van der Waals surface area contributed by atoms with Crippen LogP contribution in [0.25, 0.3) is 6.08 Å². The lowest BCUT2D eigenvalue weighted by molar-refractivity contribution is -0.113. The van der Waals surface area contributed by atoms with Crippen LogP contribution in [0.4, 0.5) is 0 Å². The summed E-state index contributed by atoms with van der Waals surface area (Å²) >= 11 is 0. The molecule has 0 radical (unpaired) electrons. The van der Waals surface area contributed by atoms with Crippen LogP contribution in [0.15, 0.2) is 35.9 Å². The second-order valence-corrected chi connectivity index (χ2v) is 4.91. The molecule has 0 aliphatic rings. The minimum absolute atomic E-state index is 0.0318. The molecule has 1 unspecified atom stereocenters. The molecule has 0 fully saturated rings. The zero-order chi connectivity index (χ0) is 14.4. The van der Waals surface area contributed by atoms with E-state index in [4.69, 9.17) is 5.11 Å². The summed E-state index contributed by atoms with van der Waals surface area (Å²) in [7, 11) is 0. The van der Waals surface area contributed by atoms with Gasteiger partial charge in [-0.25, -0.2) is 0 Å². The molecule has 0 spiro atoms. The molecule has 0 saturated carbocycles. The molecule has 1 N–H and O–H groups in total. The van der Waals surface area contributed by atoms with Crippen LogP contribution in [0, 0.1) is 6.92 Å². The first-order valence-electron chi connectivity index (χ1n) is 6.53. The van der Waals surface area contributed by atoms with Crippen molar-refractivity contribution in [2.45, 2.75) is 33.6 Å². The maximum atomic E-state index is 11.3. The number of aliphatic hydroxyl groups is 1. The SMILES string of the molecule is CC(=O)/C(C)=C/C(C)c1ccc(C)cc1/C=C/CO. The van der Waals surface area contributed by atoms with E-state index >= 15 is 0 Å². The Morgan fingerprint density at radius 1 is 1.37 bits per heavy atom. The van der Waals surface area contributed by atoms with E-state index in [1.165, 1.54) is 5.56 Å². The summed E-state index contributed by atoms with van der Waals surface area (Å²) in [6.45, 7) is 7.58. The minimum Gasteiger partial charge on any atom is -0.392 e. The van der Waals surface area contributed by atoms with E-state index in [0.29, 0.717) is 0 Å². The van der Waals surface area contributed by atoms with Crippen molar-refractivity contribution in [2.75, 3.05) is 6.61 Å². The highest BCUT2D eigenvalue weighted by Crippen LogP contribution is 2.24. The van der Waals surface area contributed by atoms with Gasteiger partial charge in [-0.1, -0.05) is 48.9 Å². The average molecular weight is 258 g/mol. The number of aryl methyl sites for hydroxylation is 1. The van der Waals surface area contributed by atoms with Crippen molar-refractivity contribution in [3.63, 3.8) is 0 Å². The van der Waals surface area contributed by atoms with Gasteiger partial charge < -0.3 is 5.11 Å². The van der Waals surface area contributed by atoms with Crippen LogP contribution in [0.5, 0.6) is 0 Å². The average Bonchev–Trinajstić information content (AvgIpc) is 2.35. The van der Waals surface area contributed by atoms with Gasteiger partial charge in [0.2, 0.25) is 0 Å². The Balaban J connectivity index is 3.15. The van der Waals surface area contributed by atoms with Gasteiger partial charge >= 0.3 is 0 Å². The lowest BCUT2D eigenvalue weighted by Gasteiger charge is -2.13. The Morgan fingerprint density at radius 2 is 2.05 bits per heavy atom. The van der Waals surface area contributed by atoms with Gasteiger partial charge in [-0.2, -0.15) is 0 Å². The molecule has 1 rings (SSSR count). The number of allylic oxidation sites excluding steroid dienone is 2. The number of benzene rings is 1. The number of carbonyl (C=O) groups excluding carboxylic acids is 1. The van der Waals surface area contributed by atoms with Crippen LogP contribution in [0.1, 0.15) is 43.4 Å². The van der Waals surface area contributed by atoms with Crippen molar-refractivity contribution in [1.82, 2.24) is 0 Å². The fourth-order valence-electron chi connectivity index (χ4n) is 2.01. The molecule has 0 aliphatic carbocycles. The molecular formula is C17H22O2. The third-order valence-electron chi connectivity index (χ3n) is 3.19. The maximum absolute atomic E-state index is 11.3. The molecule has 2 heteroatoms. The summed E-state index contributed by atoms with van der Waals surface area (Å²) in [4.78, 5) is 11.3. The van der Waals surface area contributed by atoms with E-state index in [9.17, 15) is 4.79 Å². The summed E-state index contributed by atoms with van der Waals surface area (Å²) in [6, 6.07) is 6.24. The standard InChI is InChI=1S/C17H22O2/c1-12-7-8-17(16(10-12)6-5-9-18)14(3)11-13(2)15(4)19/h5-8,10-11,14,18H,9H2,1-4H3/b6-5+,13-11+. The quantitative estimate of drug-likeness (QED) is 0.819. The van der Waals surface area contributed by atoms with Crippen LogP contribution >= 0.6 is 0 Å². The Labute approximate surface area is 115 Å². The van der Waals surface area contributed by atoms with Crippen molar-refractivity contribution in [3.05, 3.63) is 52.6 Å². The largest absolute Gasteiger partial charge is 0.392 e. The fraction of sp³-hybridized carbons (Fsp3) is 0.353. The van der Waals surface area contributed by atoms with E-state index < -0.39 is 0 Å². The molecule has 0 bridgehead atoms. The molecule has 0 aromatic heterocycles. The van der Waals surface area contributed by atoms with Crippen molar-refractivity contribution in [2.24, 2.45) is 0 Å². The maximum Gasteiger partial charge on any atom is 0.155 e. The fourth-order valence-corrected chi connectivity index (χ4v) is 2.01. The zero-order valence-electron chi connectivity index (χ0n) is 12.1. The summed E-state index contributed by atoms with van der Waals surface area (Å²) in [5, 5.41) is 8.90. The molecule has 0 heterocycles. The smallest absolute Gasteiger partial charge is 0.155 e. The molecule has 19 heavy (non-hydrogen) atoms. The zero-order valence-corrected chi connectivity index (χ0v) is 12.1. The third-order valence-corrected chi connectivity index (χ3v) is 3.19. The molecule has 0 aliphatic heterocycles. The van der Waals surface area contributed by atoms with Crippen LogP contribution in [0.2, 0.25) is 0 Å². The van der Waals surface area contributed by atoms with Crippen molar-refractivity contribution < 1.29 is 9.90 Å². The number of hydrogen-bond acceptors (Lipinski definition) is 2. The Kier molecular flexibility index (Phi) is 5.71. The summed E-state index contributed by atoms with van der Waals surface area (Å²) < 4.78 is 0. The first-order valence-corrected chi connectivity index (χ1v) is 6.53. The monoisotopic (exact) mass is 258 g/mol. The predicted molar refractivity (Wildman–Crippen MR) is 80.2 cm³/mol. The number of Topliss-reactive ketones (excluding diaryl/α,β-unsaturated/α-hetero) is 1. The van der Waals surface area contributed by atoms with Gasteiger partial charge in [0.1, 0.15) is 0 Å². The summed E-state index contributed by atoms with van der Waals surface area (Å²) in [5.41, 5.74) is 4.22. The molecule has 102 valence electrons. The molecule has 1 atom stereocenters. The molecule has 0 amide bonds. The van der Waals surface area contributed by atoms with Crippen LogP contribution < -0.4 is 0 Å². The normalized spacial score (nSPS) is 13.8. The van der Waals surface area contributed by atoms with Gasteiger partial charge in [0, 0.05) is 5.92 Å². The van der Waals surface area contributed by atoms with Gasteiger partial charge in [-0.05, 0) is 37.5 Å². The number of rotatable bonds is 5. The highest BCUT2D eigenvalue weighted by Gasteiger charge is 2.08. The first-order chi connectivity index (χ1) is 8.95. The third kappa shape index (κ3) is 4.49. The van der Waals surface area contributed by atoms with Gasteiger partial charge in [-0.3, -0.25) is 4.79 Å². The highest BCUT2D eigenvalue weighted by molar-refractivity contribution is 5.92. The van der Waals surface area contributed by atoms with E-state index in [1.807, 2.05) is 26.0 Å². The highest BCUT2D eigenvalue weighted by atomic mass is 16.2. The predicted octanol–water partition coefficient (Wildman–Crippen LogP) is 3.64. The van der Waals surface area contributed by atoms with Crippen molar-refractivity contribution in [3.8, 4) is 0 Å². The van der Waals surface area contributed by atoms with Gasteiger partial charge in [0.15, 0.2) is 5.78 Å². The first kappa shape index (κ1) is 15.4. The molecule has 0 saturated heterocycles. The van der Waals surface area contributed by atoms with E-state index in [-0.39, 0.29) is 18.3 Å². The number of hydrogen-bond donors (Lipinski definition) is 1. The second kappa shape index (κ2) is 7.05. The summed E-state index contributed by atoms with van der Waals surface area (Å²) in [5.74, 6) is 0.272. The van der Waals surface area contributed by atoms with Crippen molar-refractivity contribution >= 4 is 11.9 Å². The topological polar surface area (TPSA) is 37.3 Å². The van der Waals surface area contributed by atoms with E-state index in [2.05, 4.69) is 25.1 Å². The lowest BCUT2D eigenvalue weighted by Crippen LogP contribution is -1.99. The molecule has 2 nitrogen and oxygen atoms in total. The van der Waals surface area contributed by atoms with Gasteiger partial charge in [-0.15, -0.1) is 0 Å². The lowest BCUT2D eigenvalue weighted by atomic mass is 9.92. The molecule has 1 aromatic rings. The Bertz CT molecular complexity index is 510. The second-order valence-electron chi connectivity index (χ2n) is 4.91. The van der Waals surface area contributed by atoms with E-state index in [0.717, 1.165) is 16.7 Å². The van der Waals surface area contributed by atoms with Crippen LogP contribution in [-0.2, 0) is 4.79 Å². The number of carbonyl (C=O) groups is 1. The van der Waals surface area contributed by atoms with E-state index in [1.54, 1.807) is 13.0 Å². The Hall–Kier alpha value is -1.67. The van der Waals surface area contributed by atoms with Crippen LogP contribution in [-0.4, -0.2) is 17.5 Å². The number of aliphatic hydroxyl groups excluding tert-OH is 1. The minimum atomic E-state index is 0.0318. The van der Waals surface area contributed by atoms with Crippen molar-refractivity contribution in [1.29, 1.82) is 0 Å². The Morgan fingerprint density at radius 3 is 2.63 bits per heavy atom. The molecule has 1 aromatic carbocycles. The summed E-state index contributed by atoms with van der Waals surface area (Å²) in [6.07, 6.45) is 5.64. The number of ketones is 1. The van der Waals surface area contributed by atoms with Gasteiger partial charge in [0.25, 0.3) is 0 Å².